The van der Waals surface area contributed by atoms with Crippen LogP contribution in [0.3, 0.4) is 0 Å². The van der Waals surface area contributed by atoms with E-state index in [1.165, 1.54) is 4.88 Å². The summed E-state index contributed by atoms with van der Waals surface area (Å²) in [6.07, 6.45) is 1.32. The number of aliphatic hydroxyl groups excluding tert-OH is 1. The molecule has 1 unspecified atom stereocenters. The summed E-state index contributed by atoms with van der Waals surface area (Å²) in [6, 6.07) is 4.05. The van der Waals surface area contributed by atoms with E-state index >= 15 is 0 Å². The minimum Gasteiger partial charge on any atom is -0.388 e. The topological polar surface area (TPSA) is 20.2 Å². The number of aliphatic hydroxyl groups is 1. The van der Waals surface area contributed by atoms with Crippen LogP contribution in [-0.4, -0.2) is 11.0 Å². The van der Waals surface area contributed by atoms with Crippen LogP contribution in [0.1, 0.15) is 29.2 Å². The Morgan fingerprint density at radius 2 is 2.33 bits per heavy atom. The van der Waals surface area contributed by atoms with Crippen molar-refractivity contribution in [2.45, 2.75) is 25.9 Å². The maximum Gasteiger partial charge on any atom is 0.0893 e. The van der Waals surface area contributed by atoms with Gasteiger partial charge in [-0.1, -0.05) is 6.92 Å². The molecule has 1 nitrogen and oxygen atoms in total. The second kappa shape index (κ2) is 4.85. The highest BCUT2D eigenvalue weighted by Gasteiger charge is 2.08. The standard InChI is InChI=1S/C9H13ClOS/c1-2-7-3-4-9(12-7)8(11)5-6-10/h3-4,8,11H,2,5-6H2,1H3. The molecule has 1 rings (SSSR count). The van der Waals surface area contributed by atoms with E-state index in [9.17, 15) is 5.11 Å². The fourth-order valence-corrected chi connectivity index (χ4v) is 2.19. The van der Waals surface area contributed by atoms with Gasteiger partial charge in [0.15, 0.2) is 0 Å². The largest absolute Gasteiger partial charge is 0.388 e. The first kappa shape index (κ1) is 10.0. The molecule has 0 aliphatic carbocycles. The summed E-state index contributed by atoms with van der Waals surface area (Å²) >= 11 is 7.20. The third-order valence-corrected chi connectivity index (χ3v) is 3.29. The number of halogens is 1. The Bertz CT molecular complexity index is 234. The van der Waals surface area contributed by atoms with Crippen LogP contribution >= 0.6 is 22.9 Å². The third kappa shape index (κ3) is 2.47. The van der Waals surface area contributed by atoms with Crippen LogP contribution in [0, 0.1) is 0 Å². The van der Waals surface area contributed by atoms with Gasteiger partial charge in [-0.05, 0) is 25.0 Å². The van der Waals surface area contributed by atoms with Gasteiger partial charge in [0.1, 0.15) is 0 Å². The van der Waals surface area contributed by atoms with E-state index in [-0.39, 0.29) is 6.10 Å². The van der Waals surface area contributed by atoms with Crippen molar-refractivity contribution in [1.82, 2.24) is 0 Å². The lowest BCUT2D eigenvalue weighted by Gasteiger charge is -2.04. The second-order valence-electron chi connectivity index (χ2n) is 2.65. The summed E-state index contributed by atoms with van der Waals surface area (Å²) in [7, 11) is 0. The van der Waals surface area contributed by atoms with Crippen molar-refractivity contribution in [3.05, 3.63) is 21.9 Å². The van der Waals surface area contributed by atoms with Crippen molar-refractivity contribution in [2.75, 3.05) is 5.88 Å². The van der Waals surface area contributed by atoms with Gasteiger partial charge in [0.25, 0.3) is 0 Å². The summed E-state index contributed by atoms with van der Waals surface area (Å²) in [5.74, 6) is 0.514. The third-order valence-electron chi connectivity index (χ3n) is 1.74. The predicted octanol–water partition coefficient (Wildman–Crippen LogP) is 2.97. The summed E-state index contributed by atoms with van der Waals surface area (Å²) in [5, 5.41) is 9.56. The summed E-state index contributed by atoms with van der Waals surface area (Å²) < 4.78 is 0. The Morgan fingerprint density at radius 3 is 2.83 bits per heavy atom. The Hall–Kier alpha value is -0.0500. The first-order valence-electron chi connectivity index (χ1n) is 4.10. The van der Waals surface area contributed by atoms with Crippen LogP contribution < -0.4 is 0 Å². The molecule has 0 bridgehead atoms. The van der Waals surface area contributed by atoms with E-state index in [2.05, 4.69) is 13.0 Å². The Morgan fingerprint density at radius 1 is 1.58 bits per heavy atom. The average molecular weight is 205 g/mol. The van der Waals surface area contributed by atoms with Gasteiger partial charge in [-0.25, -0.2) is 0 Å². The lowest BCUT2D eigenvalue weighted by atomic mass is 10.2. The molecule has 1 N–H and O–H groups in total. The van der Waals surface area contributed by atoms with Crippen LogP contribution in [0.2, 0.25) is 0 Å². The van der Waals surface area contributed by atoms with Crippen molar-refractivity contribution in [3.8, 4) is 0 Å². The maximum atomic E-state index is 9.56. The van der Waals surface area contributed by atoms with Crippen LogP contribution in [0.4, 0.5) is 0 Å². The van der Waals surface area contributed by atoms with Crippen molar-refractivity contribution >= 4 is 22.9 Å². The quantitative estimate of drug-likeness (QED) is 0.748. The van der Waals surface area contributed by atoms with E-state index in [1.54, 1.807) is 11.3 Å². The summed E-state index contributed by atoms with van der Waals surface area (Å²) in [5.41, 5.74) is 0. The molecule has 0 aliphatic heterocycles. The zero-order valence-corrected chi connectivity index (χ0v) is 8.66. The molecule has 0 radical (unpaired) electrons. The highest BCUT2D eigenvalue weighted by Crippen LogP contribution is 2.25. The molecule has 0 aliphatic rings. The van der Waals surface area contributed by atoms with Gasteiger partial charge in [0.2, 0.25) is 0 Å². The van der Waals surface area contributed by atoms with E-state index in [1.807, 2.05) is 6.07 Å². The molecule has 0 saturated carbocycles. The predicted molar refractivity (Wildman–Crippen MR) is 54.0 cm³/mol. The first-order chi connectivity index (χ1) is 5.77. The normalized spacial score (nSPS) is 13.2. The molecular formula is C9H13ClOS. The number of aryl methyl sites for hydroxylation is 1. The molecule has 0 spiro atoms. The Balaban J connectivity index is 2.61. The van der Waals surface area contributed by atoms with Gasteiger partial charge >= 0.3 is 0 Å². The number of hydrogen-bond acceptors (Lipinski definition) is 2. The molecule has 12 heavy (non-hydrogen) atoms. The van der Waals surface area contributed by atoms with Crippen molar-refractivity contribution in [1.29, 1.82) is 0 Å². The van der Waals surface area contributed by atoms with Gasteiger partial charge < -0.3 is 5.11 Å². The smallest absolute Gasteiger partial charge is 0.0893 e. The summed E-state index contributed by atoms with van der Waals surface area (Å²) in [4.78, 5) is 2.35. The van der Waals surface area contributed by atoms with Gasteiger partial charge in [-0.3, -0.25) is 0 Å². The molecule has 3 heteroatoms. The van der Waals surface area contributed by atoms with E-state index < -0.39 is 0 Å². The van der Waals surface area contributed by atoms with Crippen LogP contribution in [0.15, 0.2) is 12.1 Å². The monoisotopic (exact) mass is 204 g/mol. The SMILES string of the molecule is CCc1ccc(C(O)CCCl)s1. The molecule has 68 valence electrons. The molecule has 0 fully saturated rings. The molecule has 1 aromatic rings. The molecule has 0 saturated heterocycles. The molecule has 1 atom stereocenters. The van der Waals surface area contributed by atoms with Crippen molar-refractivity contribution in [3.63, 3.8) is 0 Å². The van der Waals surface area contributed by atoms with Crippen LogP contribution in [-0.2, 0) is 6.42 Å². The summed E-state index contributed by atoms with van der Waals surface area (Å²) in [6.45, 7) is 2.11. The lowest BCUT2D eigenvalue weighted by molar-refractivity contribution is 0.178. The van der Waals surface area contributed by atoms with Gasteiger partial charge in [-0.15, -0.1) is 22.9 Å². The van der Waals surface area contributed by atoms with E-state index in [0.717, 1.165) is 11.3 Å². The maximum absolute atomic E-state index is 9.56. The zero-order chi connectivity index (χ0) is 8.97. The Kier molecular flexibility index (Phi) is 4.06. The number of hydrogen-bond donors (Lipinski definition) is 1. The number of thiophene rings is 1. The second-order valence-corrected chi connectivity index (χ2v) is 4.23. The molecule has 0 aromatic carbocycles. The highest BCUT2D eigenvalue weighted by molar-refractivity contribution is 7.12. The number of alkyl halides is 1. The zero-order valence-electron chi connectivity index (χ0n) is 7.09. The fraction of sp³-hybridized carbons (Fsp3) is 0.556. The van der Waals surface area contributed by atoms with Crippen LogP contribution in [0.5, 0.6) is 0 Å². The average Bonchev–Trinajstić information content (AvgIpc) is 2.52. The van der Waals surface area contributed by atoms with Crippen LogP contribution in [0.25, 0.3) is 0 Å². The molecular weight excluding hydrogens is 192 g/mol. The Labute approximate surface area is 82.0 Å². The van der Waals surface area contributed by atoms with E-state index in [4.69, 9.17) is 11.6 Å². The van der Waals surface area contributed by atoms with Gasteiger partial charge in [0, 0.05) is 15.6 Å². The lowest BCUT2D eigenvalue weighted by Crippen LogP contribution is -1.94. The first-order valence-corrected chi connectivity index (χ1v) is 5.45. The van der Waals surface area contributed by atoms with Crippen molar-refractivity contribution in [2.24, 2.45) is 0 Å². The fourth-order valence-electron chi connectivity index (χ4n) is 1.01. The van der Waals surface area contributed by atoms with E-state index in [0.29, 0.717) is 12.3 Å². The van der Waals surface area contributed by atoms with Gasteiger partial charge in [0.05, 0.1) is 6.10 Å². The molecule has 1 heterocycles. The minimum absolute atomic E-state index is 0.368. The molecule has 1 aromatic heterocycles. The van der Waals surface area contributed by atoms with Crippen molar-refractivity contribution < 1.29 is 5.11 Å². The highest BCUT2D eigenvalue weighted by atomic mass is 35.5. The molecule has 0 amide bonds. The minimum atomic E-state index is -0.368. The number of rotatable bonds is 4. The van der Waals surface area contributed by atoms with Gasteiger partial charge in [-0.2, -0.15) is 0 Å².